The molecule has 104 valence electrons. The summed E-state index contributed by atoms with van der Waals surface area (Å²) in [5.41, 5.74) is 0. The van der Waals surface area contributed by atoms with Gasteiger partial charge >= 0.3 is 12.0 Å². The van der Waals surface area contributed by atoms with Crippen LogP contribution in [0.15, 0.2) is 0 Å². The molecule has 2 amide bonds. The second-order valence-corrected chi connectivity index (χ2v) is 4.74. The molecule has 1 rings (SSSR count). The molecule has 0 atom stereocenters. The van der Waals surface area contributed by atoms with E-state index in [0.29, 0.717) is 19.4 Å². The predicted octanol–water partition coefficient (Wildman–Crippen LogP) is 0.539. The molecule has 1 aliphatic rings. The van der Waals surface area contributed by atoms with E-state index in [2.05, 4.69) is 16.0 Å². The predicted molar refractivity (Wildman–Crippen MR) is 68.5 cm³/mol. The Hall–Kier alpha value is -1.30. The summed E-state index contributed by atoms with van der Waals surface area (Å²) < 4.78 is 0. The fourth-order valence-corrected chi connectivity index (χ4v) is 2.19. The van der Waals surface area contributed by atoms with Gasteiger partial charge in [0.05, 0.1) is 5.92 Å². The lowest BCUT2D eigenvalue weighted by molar-refractivity contribution is -0.142. The molecule has 0 aromatic carbocycles. The highest BCUT2D eigenvalue weighted by Gasteiger charge is 2.26. The third-order valence-corrected chi connectivity index (χ3v) is 3.30. The molecule has 0 aliphatic heterocycles. The molecular formula is C12H23N3O3. The van der Waals surface area contributed by atoms with Crippen LogP contribution in [-0.2, 0) is 4.79 Å². The van der Waals surface area contributed by atoms with Crippen molar-refractivity contribution in [1.29, 1.82) is 0 Å². The van der Waals surface area contributed by atoms with Crippen molar-refractivity contribution in [3.8, 4) is 0 Å². The number of carbonyl (C=O) groups excluding carboxylic acids is 1. The van der Waals surface area contributed by atoms with Crippen molar-refractivity contribution in [3.63, 3.8) is 0 Å². The molecule has 0 aromatic rings. The first-order valence-corrected chi connectivity index (χ1v) is 6.55. The first-order valence-electron chi connectivity index (χ1n) is 6.55. The van der Waals surface area contributed by atoms with Crippen LogP contribution < -0.4 is 16.0 Å². The smallest absolute Gasteiger partial charge is 0.315 e. The van der Waals surface area contributed by atoms with E-state index in [1.807, 2.05) is 7.05 Å². The van der Waals surface area contributed by atoms with Crippen LogP contribution in [0.4, 0.5) is 4.79 Å². The van der Waals surface area contributed by atoms with Gasteiger partial charge in [0.2, 0.25) is 0 Å². The summed E-state index contributed by atoms with van der Waals surface area (Å²) in [5.74, 6) is -0.952. The van der Waals surface area contributed by atoms with Gasteiger partial charge in [-0.05, 0) is 45.7 Å². The molecule has 6 heteroatoms. The van der Waals surface area contributed by atoms with E-state index < -0.39 is 5.97 Å². The summed E-state index contributed by atoms with van der Waals surface area (Å²) >= 11 is 0. The molecule has 0 unspecified atom stereocenters. The number of urea groups is 1. The highest BCUT2D eigenvalue weighted by Crippen LogP contribution is 2.24. The lowest BCUT2D eigenvalue weighted by Gasteiger charge is -2.26. The van der Waals surface area contributed by atoms with E-state index in [9.17, 15) is 9.59 Å². The van der Waals surface area contributed by atoms with Gasteiger partial charge in [-0.15, -0.1) is 0 Å². The molecule has 0 spiro atoms. The molecule has 4 N–H and O–H groups in total. The van der Waals surface area contributed by atoms with Gasteiger partial charge in [-0.3, -0.25) is 4.79 Å². The number of carboxylic acid groups (broad SMARTS) is 1. The first-order chi connectivity index (χ1) is 8.63. The Morgan fingerprint density at radius 2 is 1.83 bits per heavy atom. The minimum atomic E-state index is -0.718. The second-order valence-electron chi connectivity index (χ2n) is 4.74. The number of hydrogen-bond acceptors (Lipinski definition) is 3. The highest BCUT2D eigenvalue weighted by atomic mass is 16.4. The van der Waals surface area contributed by atoms with Crippen LogP contribution in [0, 0.1) is 5.92 Å². The van der Waals surface area contributed by atoms with Crippen molar-refractivity contribution in [2.75, 3.05) is 20.1 Å². The van der Waals surface area contributed by atoms with E-state index in [0.717, 1.165) is 25.8 Å². The minimum Gasteiger partial charge on any atom is -0.481 e. The number of rotatable bonds is 6. The van der Waals surface area contributed by atoms with Crippen LogP contribution in [0.1, 0.15) is 32.1 Å². The summed E-state index contributed by atoms with van der Waals surface area (Å²) in [6.45, 7) is 1.53. The van der Waals surface area contributed by atoms with E-state index in [1.165, 1.54) is 0 Å². The van der Waals surface area contributed by atoms with Crippen molar-refractivity contribution in [1.82, 2.24) is 16.0 Å². The van der Waals surface area contributed by atoms with Crippen molar-refractivity contribution < 1.29 is 14.7 Å². The summed E-state index contributed by atoms with van der Waals surface area (Å²) in [6.07, 6.45) is 3.71. The number of carbonyl (C=O) groups is 2. The zero-order valence-electron chi connectivity index (χ0n) is 10.9. The van der Waals surface area contributed by atoms with Gasteiger partial charge in [-0.1, -0.05) is 0 Å². The first kappa shape index (κ1) is 14.8. The molecule has 0 saturated heterocycles. The van der Waals surface area contributed by atoms with Crippen molar-refractivity contribution in [2.24, 2.45) is 5.92 Å². The van der Waals surface area contributed by atoms with Gasteiger partial charge < -0.3 is 21.1 Å². The van der Waals surface area contributed by atoms with Crippen molar-refractivity contribution >= 4 is 12.0 Å². The van der Waals surface area contributed by atoms with Crippen molar-refractivity contribution in [2.45, 2.75) is 38.1 Å². The molecule has 1 saturated carbocycles. The summed E-state index contributed by atoms with van der Waals surface area (Å²) in [6, 6.07) is -0.0326. The molecule has 0 heterocycles. The molecular weight excluding hydrogens is 234 g/mol. The molecule has 0 aromatic heterocycles. The Bertz CT molecular complexity index is 276. The molecule has 1 fully saturated rings. The van der Waals surface area contributed by atoms with Crippen LogP contribution in [0.25, 0.3) is 0 Å². The minimum absolute atomic E-state index is 0.116. The largest absolute Gasteiger partial charge is 0.481 e. The van der Waals surface area contributed by atoms with E-state index in [1.54, 1.807) is 0 Å². The molecule has 0 radical (unpaired) electrons. The average Bonchev–Trinajstić information content (AvgIpc) is 2.35. The van der Waals surface area contributed by atoms with Crippen LogP contribution in [0.5, 0.6) is 0 Å². The maximum absolute atomic E-state index is 11.5. The zero-order chi connectivity index (χ0) is 13.4. The molecule has 1 aliphatic carbocycles. The maximum Gasteiger partial charge on any atom is 0.315 e. The van der Waals surface area contributed by atoms with Crippen LogP contribution in [0.2, 0.25) is 0 Å². The normalized spacial score (nSPS) is 23.4. The Balaban J connectivity index is 2.12. The van der Waals surface area contributed by atoms with Crippen molar-refractivity contribution in [3.05, 3.63) is 0 Å². The van der Waals surface area contributed by atoms with Crippen LogP contribution in [-0.4, -0.2) is 43.3 Å². The Morgan fingerprint density at radius 1 is 1.17 bits per heavy atom. The van der Waals surface area contributed by atoms with Gasteiger partial charge in [0.15, 0.2) is 0 Å². The SMILES string of the molecule is CNCCCNC(=O)NC1CCC(C(=O)O)CC1. The monoisotopic (exact) mass is 257 g/mol. The highest BCUT2D eigenvalue weighted by molar-refractivity contribution is 5.74. The average molecular weight is 257 g/mol. The topological polar surface area (TPSA) is 90.5 Å². The Morgan fingerprint density at radius 3 is 2.39 bits per heavy atom. The second kappa shape index (κ2) is 7.92. The number of amides is 2. The van der Waals surface area contributed by atoms with E-state index in [-0.39, 0.29) is 18.0 Å². The third kappa shape index (κ3) is 5.35. The zero-order valence-corrected chi connectivity index (χ0v) is 10.9. The fourth-order valence-electron chi connectivity index (χ4n) is 2.19. The molecule has 0 bridgehead atoms. The van der Waals surface area contributed by atoms with E-state index >= 15 is 0 Å². The molecule has 6 nitrogen and oxygen atoms in total. The van der Waals surface area contributed by atoms with E-state index in [4.69, 9.17) is 5.11 Å². The van der Waals surface area contributed by atoms with Gasteiger partial charge in [0.25, 0.3) is 0 Å². The fraction of sp³-hybridized carbons (Fsp3) is 0.833. The number of hydrogen-bond donors (Lipinski definition) is 4. The molecule has 18 heavy (non-hydrogen) atoms. The maximum atomic E-state index is 11.5. The Kier molecular flexibility index (Phi) is 6.49. The number of nitrogens with one attached hydrogen (secondary N) is 3. The summed E-state index contributed by atoms with van der Waals surface area (Å²) in [5, 5.41) is 17.6. The summed E-state index contributed by atoms with van der Waals surface area (Å²) in [4.78, 5) is 22.3. The summed E-state index contributed by atoms with van der Waals surface area (Å²) in [7, 11) is 1.88. The van der Waals surface area contributed by atoms with Crippen LogP contribution in [0.3, 0.4) is 0 Å². The van der Waals surface area contributed by atoms with Gasteiger partial charge in [0, 0.05) is 12.6 Å². The quantitative estimate of drug-likeness (QED) is 0.523. The number of carboxylic acids is 1. The lowest BCUT2D eigenvalue weighted by atomic mass is 9.86. The van der Waals surface area contributed by atoms with Crippen LogP contribution >= 0.6 is 0 Å². The lowest BCUT2D eigenvalue weighted by Crippen LogP contribution is -2.44. The number of aliphatic carboxylic acids is 1. The standard InChI is InChI=1S/C12H23N3O3/c1-13-7-2-8-14-12(18)15-10-5-3-9(4-6-10)11(16)17/h9-10,13H,2-8H2,1H3,(H,16,17)(H2,14,15,18). The third-order valence-electron chi connectivity index (χ3n) is 3.30. The Labute approximate surface area is 108 Å². The van der Waals surface area contributed by atoms with Gasteiger partial charge in [-0.2, -0.15) is 0 Å². The van der Waals surface area contributed by atoms with Gasteiger partial charge in [-0.25, -0.2) is 4.79 Å². The van der Waals surface area contributed by atoms with Gasteiger partial charge in [0.1, 0.15) is 0 Å².